The first-order valence-corrected chi connectivity index (χ1v) is 27.2. The number of rotatable bonds is 49. The van der Waals surface area contributed by atoms with Crippen LogP contribution in [0.25, 0.3) is 0 Å². The van der Waals surface area contributed by atoms with Crippen molar-refractivity contribution in [1.29, 1.82) is 0 Å². The van der Waals surface area contributed by atoms with Gasteiger partial charge in [0, 0.05) is 6.42 Å². The first-order valence-electron chi connectivity index (χ1n) is 27.2. The Hall–Kier alpha value is -1.92. The van der Waals surface area contributed by atoms with Gasteiger partial charge in [-0.3, -0.25) is 9.59 Å². The molecule has 3 atom stereocenters. The molecule has 0 aromatic heterocycles. The van der Waals surface area contributed by atoms with Crippen molar-refractivity contribution in [2.45, 2.75) is 302 Å². The summed E-state index contributed by atoms with van der Waals surface area (Å²) in [4.78, 5) is 26.2. The molecule has 0 aliphatic rings. The molecule has 0 aliphatic heterocycles. The number of allylic oxidation sites excluding steroid dienone is 6. The number of carbonyl (C=O) groups is 2. The summed E-state index contributed by atoms with van der Waals surface area (Å²) < 4.78 is 5.95. The lowest BCUT2D eigenvalue weighted by Gasteiger charge is -2.24. The van der Waals surface area contributed by atoms with Crippen LogP contribution in [-0.2, 0) is 14.3 Å². The maximum atomic E-state index is 13.2. The van der Waals surface area contributed by atoms with Crippen LogP contribution in [0.3, 0.4) is 0 Å². The molecule has 0 fully saturated rings. The normalized spacial score (nSPS) is 13.4. The van der Waals surface area contributed by atoms with Gasteiger partial charge in [0.15, 0.2) is 0 Å². The van der Waals surface area contributed by atoms with Crippen LogP contribution in [0.15, 0.2) is 36.5 Å². The summed E-state index contributed by atoms with van der Waals surface area (Å²) in [6.07, 6.45) is 59.2. The first-order chi connectivity index (χ1) is 30.5. The summed E-state index contributed by atoms with van der Waals surface area (Å²) in [6.45, 7) is 6.38. The van der Waals surface area contributed by atoms with E-state index < -0.39 is 18.2 Å². The highest BCUT2D eigenvalue weighted by molar-refractivity contribution is 5.77. The molecular formula is C56H105NO5. The third-order valence-electron chi connectivity index (χ3n) is 12.5. The van der Waals surface area contributed by atoms with Crippen LogP contribution >= 0.6 is 0 Å². The minimum absolute atomic E-state index is 0.0771. The molecule has 0 saturated carbocycles. The van der Waals surface area contributed by atoms with Gasteiger partial charge in [0.1, 0.15) is 6.10 Å². The zero-order valence-corrected chi connectivity index (χ0v) is 41.5. The fraction of sp³-hybridized carbons (Fsp3) is 0.857. The average Bonchev–Trinajstić information content (AvgIpc) is 3.26. The van der Waals surface area contributed by atoms with Crippen molar-refractivity contribution < 1.29 is 24.5 Å². The van der Waals surface area contributed by atoms with Crippen LogP contribution in [0.1, 0.15) is 284 Å². The highest BCUT2D eigenvalue weighted by Crippen LogP contribution is 2.19. The molecule has 364 valence electrons. The SMILES string of the molecule is CC/C=C/C=C/C=C/CCCCCCCCCC(=O)OC(CCCCCCCCCCCCCCCCCC)CC(=O)NC(CO)C(O)CCCCCCCCCCCCCC. The Kier molecular flexibility index (Phi) is 48.5. The zero-order chi connectivity index (χ0) is 45.2. The molecule has 0 aliphatic carbocycles. The smallest absolute Gasteiger partial charge is 0.306 e. The van der Waals surface area contributed by atoms with Crippen molar-refractivity contribution in [2.24, 2.45) is 0 Å². The lowest BCUT2D eigenvalue weighted by atomic mass is 10.0. The number of carbonyl (C=O) groups excluding carboxylic acids is 2. The van der Waals surface area contributed by atoms with Crippen LogP contribution in [0, 0.1) is 0 Å². The number of hydrogen-bond donors (Lipinski definition) is 3. The number of esters is 1. The van der Waals surface area contributed by atoms with Crippen LogP contribution in [0.5, 0.6) is 0 Å². The van der Waals surface area contributed by atoms with Gasteiger partial charge in [-0.25, -0.2) is 0 Å². The highest BCUT2D eigenvalue weighted by Gasteiger charge is 2.24. The largest absolute Gasteiger partial charge is 0.462 e. The number of unbranched alkanes of at least 4 members (excludes halogenated alkanes) is 33. The van der Waals surface area contributed by atoms with Crippen LogP contribution < -0.4 is 5.32 Å². The number of ether oxygens (including phenoxy) is 1. The summed E-state index contributed by atoms with van der Waals surface area (Å²) in [5, 5.41) is 23.8. The molecule has 0 spiro atoms. The molecular weight excluding hydrogens is 767 g/mol. The van der Waals surface area contributed by atoms with Gasteiger partial charge >= 0.3 is 5.97 Å². The highest BCUT2D eigenvalue weighted by atomic mass is 16.5. The zero-order valence-electron chi connectivity index (χ0n) is 41.5. The van der Waals surface area contributed by atoms with Crippen molar-refractivity contribution in [3.63, 3.8) is 0 Å². The number of aliphatic hydroxyl groups excluding tert-OH is 2. The number of amides is 1. The topological polar surface area (TPSA) is 95.9 Å². The van der Waals surface area contributed by atoms with Crippen molar-refractivity contribution in [3.8, 4) is 0 Å². The van der Waals surface area contributed by atoms with E-state index in [-0.39, 0.29) is 24.9 Å². The van der Waals surface area contributed by atoms with E-state index in [2.05, 4.69) is 62.5 Å². The third-order valence-corrected chi connectivity index (χ3v) is 12.5. The summed E-state index contributed by atoms with van der Waals surface area (Å²) in [5.74, 6) is -0.473. The quantitative estimate of drug-likeness (QED) is 0.0321. The molecule has 3 N–H and O–H groups in total. The van der Waals surface area contributed by atoms with E-state index in [4.69, 9.17) is 4.74 Å². The van der Waals surface area contributed by atoms with Crippen molar-refractivity contribution in [2.75, 3.05) is 6.61 Å². The van der Waals surface area contributed by atoms with Crippen LogP contribution in [0.4, 0.5) is 0 Å². The fourth-order valence-corrected chi connectivity index (χ4v) is 8.43. The number of aliphatic hydroxyl groups is 2. The second-order valence-corrected chi connectivity index (χ2v) is 18.7. The van der Waals surface area contributed by atoms with Gasteiger partial charge in [-0.1, -0.05) is 263 Å². The average molecular weight is 872 g/mol. The Labute approximate surface area is 385 Å². The molecule has 1 amide bonds. The van der Waals surface area contributed by atoms with Crippen LogP contribution in [0.2, 0.25) is 0 Å². The van der Waals surface area contributed by atoms with Gasteiger partial charge in [0.25, 0.3) is 0 Å². The molecule has 0 radical (unpaired) electrons. The summed E-state index contributed by atoms with van der Waals surface area (Å²) in [5.41, 5.74) is 0. The predicted octanol–water partition coefficient (Wildman–Crippen LogP) is 16.5. The maximum Gasteiger partial charge on any atom is 0.306 e. The molecule has 0 bridgehead atoms. The van der Waals surface area contributed by atoms with E-state index in [9.17, 15) is 19.8 Å². The van der Waals surface area contributed by atoms with E-state index in [0.29, 0.717) is 19.3 Å². The van der Waals surface area contributed by atoms with Gasteiger partial charge in [0.05, 0.1) is 25.2 Å². The van der Waals surface area contributed by atoms with E-state index in [1.807, 2.05) is 0 Å². The minimum atomic E-state index is -0.786. The molecule has 0 heterocycles. The predicted molar refractivity (Wildman–Crippen MR) is 269 cm³/mol. The molecule has 6 nitrogen and oxygen atoms in total. The molecule has 0 saturated heterocycles. The number of nitrogens with one attached hydrogen (secondary N) is 1. The standard InChI is InChI=1S/C56H105NO5/c1-4-7-10-13-16-19-22-25-27-29-30-32-35-38-41-44-47-52(62-56(61)49-46-43-40-37-34-31-28-26-23-20-17-14-11-8-5-2)50-55(60)57-53(51-58)54(59)48-45-42-39-36-33-24-21-18-15-12-9-6-3/h8,11,14,17,20,23,52-54,58-59H,4-7,9-10,12-13,15-16,18-19,21-22,24-51H2,1-3H3,(H,57,60)/b11-8+,17-14+,23-20+. The molecule has 62 heavy (non-hydrogen) atoms. The summed E-state index contributed by atoms with van der Waals surface area (Å²) >= 11 is 0. The Morgan fingerprint density at radius 3 is 1.31 bits per heavy atom. The van der Waals surface area contributed by atoms with Crippen LogP contribution in [-0.4, -0.2) is 46.9 Å². The fourth-order valence-electron chi connectivity index (χ4n) is 8.43. The lowest BCUT2D eigenvalue weighted by molar-refractivity contribution is -0.151. The first kappa shape index (κ1) is 60.1. The second-order valence-electron chi connectivity index (χ2n) is 18.7. The monoisotopic (exact) mass is 872 g/mol. The van der Waals surface area contributed by atoms with Gasteiger partial charge in [-0.05, 0) is 44.9 Å². The second kappa shape index (κ2) is 50.1. The Morgan fingerprint density at radius 1 is 0.484 bits per heavy atom. The Balaban J connectivity index is 4.56. The molecule has 0 rings (SSSR count). The van der Waals surface area contributed by atoms with E-state index >= 15 is 0 Å². The number of hydrogen-bond acceptors (Lipinski definition) is 5. The summed E-state index contributed by atoms with van der Waals surface area (Å²) in [7, 11) is 0. The van der Waals surface area contributed by atoms with Gasteiger partial charge in [0.2, 0.25) is 5.91 Å². The molecule has 6 heteroatoms. The Bertz CT molecular complexity index is 1020. The van der Waals surface area contributed by atoms with E-state index in [1.165, 1.54) is 180 Å². The van der Waals surface area contributed by atoms with Gasteiger partial charge in [-0.15, -0.1) is 0 Å². The third kappa shape index (κ3) is 44.7. The molecule has 0 aromatic carbocycles. The van der Waals surface area contributed by atoms with E-state index in [1.54, 1.807) is 0 Å². The van der Waals surface area contributed by atoms with E-state index in [0.717, 1.165) is 57.8 Å². The lowest BCUT2D eigenvalue weighted by Crippen LogP contribution is -2.46. The van der Waals surface area contributed by atoms with Crippen molar-refractivity contribution in [1.82, 2.24) is 5.32 Å². The summed E-state index contributed by atoms with van der Waals surface area (Å²) in [6, 6.07) is -0.700. The Morgan fingerprint density at radius 2 is 0.871 bits per heavy atom. The maximum absolute atomic E-state index is 13.2. The molecule has 3 unspecified atom stereocenters. The molecule has 0 aromatic rings. The van der Waals surface area contributed by atoms with Gasteiger partial charge in [-0.2, -0.15) is 0 Å². The van der Waals surface area contributed by atoms with Gasteiger partial charge < -0.3 is 20.3 Å². The minimum Gasteiger partial charge on any atom is -0.462 e. The van der Waals surface area contributed by atoms with Crippen molar-refractivity contribution in [3.05, 3.63) is 36.5 Å². The van der Waals surface area contributed by atoms with Crippen molar-refractivity contribution >= 4 is 11.9 Å².